The number of halogens is 3. The number of ether oxygens (including phenoxy) is 1. The summed E-state index contributed by atoms with van der Waals surface area (Å²) in [7, 11) is -4.12. The molecule has 0 radical (unpaired) electrons. The number of nitrogens with two attached hydrogens (primary N) is 1. The number of nitrogen functional groups attached to an aromatic ring is 1. The lowest BCUT2D eigenvalue weighted by Gasteiger charge is -2.26. The maximum atomic E-state index is 14.9. The second kappa shape index (κ2) is 8.67. The first-order valence-electron chi connectivity index (χ1n) is 11.0. The van der Waals surface area contributed by atoms with Gasteiger partial charge in [-0.3, -0.25) is 4.72 Å². The lowest BCUT2D eigenvalue weighted by atomic mass is 9.87. The zero-order valence-electron chi connectivity index (χ0n) is 18.5. The van der Waals surface area contributed by atoms with Crippen LogP contribution in [0, 0.1) is 28.8 Å². The molecule has 8 nitrogen and oxygen atoms in total. The van der Waals surface area contributed by atoms with Gasteiger partial charge in [0.15, 0.2) is 17.4 Å². The molecule has 0 atom stereocenters. The summed E-state index contributed by atoms with van der Waals surface area (Å²) in [6, 6.07) is 5.19. The first-order chi connectivity index (χ1) is 16.6. The molecule has 5 rings (SSSR count). The summed E-state index contributed by atoms with van der Waals surface area (Å²) in [6.07, 6.45) is 6.94. The molecule has 3 N–H and O–H groups in total. The maximum Gasteiger partial charge on any atom is 0.233 e. The zero-order valence-corrected chi connectivity index (χ0v) is 19.3. The summed E-state index contributed by atoms with van der Waals surface area (Å²) >= 11 is 0. The average Bonchev–Trinajstić information content (AvgIpc) is 3.40. The Bertz CT molecular complexity index is 1400. The predicted molar refractivity (Wildman–Crippen MR) is 122 cm³/mol. The normalized spacial score (nSPS) is 21.3. The van der Waals surface area contributed by atoms with E-state index in [4.69, 9.17) is 10.5 Å². The summed E-state index contributed by atoms with van der Waals surface area (Å²) in [5.41, 5.74) is 4.71. The van der Waals surface area contributed by atoms with Crippen LogP contribution in [0.1, 0.15) is 32.1 Å². The van der Waals surface area contributed by atoms with Crippen LogP contribution < -0.4 is 15.2 Å². The molecule has 2 saturated carbocycles. The molecule has 12 heteroatoms. The molecule has 2 aliphatic carbocycles. The summed E-state index contributed by atoms with van der Waals surface area (Å²) in [4.78, 5) is 11.8. The van der Waals surface area contributed by atoms with Gasteiger partial charge in [0.25, 0.3) is 0 Å². The highest BCUT2D eigenvalue weighted by Gasteiger charge is 2.47. The van der Waals surface area contributed by atoms with E-state index in [1.165, 1.54) is 18.5 Å². The molecule has 3 aromatic rings. The highest BCUT2D eigenvalue weighted by atomic mass is 32.2. The van der Waals surface area contributed by atoms with Gasteiger partial charge in [0.1, 0.15) is 5.69 Å². The van der Waals surface area contributed by atoms with E-state index in [1.807, 2.05) is 4.72 Å². The fourth-order valence-corrected chi connectivity index (χ4v) is 6.93. The molecule has 0 saturated heterocycles. The van der Waals surface area contributed by atoms with Crippen molar-refractivity contribution in [3.05, 3.63) is 54.1 Å². The van der Waals surface area contributed by atoms with Gasteiger partial charge in [-0.05, 0) is 61.6 Å². The third-order valence-corrected chi connectivity index (χ3v) is 8.20. The van der Waals surface area contributed by atoms with Gasteiger partial charge >= 0.3 is 0 Å². The number of aromatic nitrogens is 3. The molecule has 0 aliphatic heterocycles. The fourth-order valence-electron chi connectivity index (χ4n) is 5.14. The van der Waals surface area contributed by atoms with Crippen LogP contribution in [0.15, 0.2) is 36.7 Å². The van der Waals surface area contributed by atoms with Crippen molar-refractivity contribution in [2.75, 3.05) is 16.2 Å². The van der Waals surface area contributed by atoms with E-state index >= 15 is 0 Å². The minimum Gasteiger partial charge on any atom is -0.435 e. The number of benzene rings is 1. The maximum absolute atomic E-state index is 14.9. The molecule has 2 aliphatic rings. The van der Waals surface area contributed by atoms with Crippen LogP contribution in [0.2, 0.25) is 0 Å². The van der Waals surface area contributed by atoms with Gasteiger partial charge in [0, 0.05) is 18.5 Å². The molecular formula is C23H22F3N5O3S. The Balaban J connectivity index is 1.42. The Morgan fingerprint density at radius 3 is 2.57 bits per heavy atom. The van der Waals surface area contributed by atoms with Crippen LogP contribution in [0.3, 0.4) is 0 Å². The minimum absolute atomic E-state index is 0.0255. The third-order valence-electron chi connectivity index (χ3n) is 6.69. The number of hydrogen-bond donors (Lipinski definition) is 2. The smallest absolute Gasteiger partial charge is 0.233 e. The van der Waals surface area contributed by atoms with Gasteiger partial charge in [-0.15, -0.1) is 0 Å². The number of pyridine rings is 1. The minimum atomic E-state index is -4.12. The number of rotatable bonds is 7. The van der Waals surface area contributed by atoms with E-state index in [0.29, 0.717) is 17.7 Å². The molecule has 2 fully saturated rings. The van der Waals surface area contributed by atoms with E-state index in [9.17, 15) is 21.6 Å². The largest absolute Gasteiger partial charge is 0.435 e. The van der Waals surface area contributed by atoms with Gasteiger partial charge in [-0.1, -0.05) is 0 Å². The van der Waals surface area contributed by atoms with Gasteiger partial charge in [0.2, 0.25) is 27.7 Å². The van der Waals surface area contributed by atoms with Crippen molar-refractivity contribution in [1.82, 2.24) is 15.0 Å². The van der Waals surface area contributed by atoms with Crippen molar-refractivity contribution < 1.29 is 26.3 Å². The lowest BCUT2D eigenvalue weighted by Crippen LogP contribution is -2.30. The number of nitrogens with zero attached hydrogens (tertiary/aromatic N) is 3. The van der Waals surface area contributed by atoms with Crippen LogP contribution in [0.5, 0.6) is 11.6 Å². The van der Waals surface area contributed by atoms with E-state index in [-0.39, 0.29) is 28.6 Å². The summed E-state index contributed by atoms with van der Waals surface area (Å²) < 4.78 is 77.3. The Hall–Kier alpha value is -3.41. The van der Waals surface area contributed by atoms with Crippen molar-refractivity contribution in [2.45, 2.75) is 32.1 Å². The Morgan fingerprint density at radius 1 is 1.11 bits per heavy atom. The van der Waals surface area contributed by atoms with Gasteiger partial charge in [-0.2, -0.15) is 4.39 Å². The lowest BCUT2D eigenvalue weighted by molar-refractivity contribution is 0.334. The molecule has 184 valence electrons. The summed E-state index contributed by atoms with van der Waals surface area (Å²) in [5.74, 6) is -5.37. The molecular weight excluding hydrogens is 483 g/mol. The van der Waals surface area contributed by atoms with E-state index in [2.05, 4.69) is 15.0 Å². The van der Waals surface area contributed by atoms with Crippen molar-refractivity contribution in [2.24, 2.45) is 11.3 Å². The van der Waals surface area contributed by atoms with Gasteiger partial charge in [0.05, 0.1) is 17.0 Å². The third kappa shape index (κ3) is 4.62. The van der Waals surface area contributed by atoms with Crippen molar-refractivity contribution in [1.29, 1.82) is 0 Å². The van der Waals surface area contributed by atoms with Crippen LogP contribution in [0.25, 0.3) is 11.3 Å². The Kier molecular flexibility index (Phi) is 5.78. The average molecular weight is 506 g/mol. The first-order valence-corrected chi connectivity index (χ1v) is 12.7. The van der Waals surface area contributed by atoms with Crippen molar-refractivity contribution in [3.8, 4) is 22.9 Å². The fraction of sp³-hybridized carbons (Fsp3) is 0.348. The van der Waals surface area contributed by atoms with Crippen LogP contribution in [0.4, 0.5) is 24.8 Å². The number of nitrogens with one attached hydrogen (secondary N) is 1. The monoisotopic (exact) mass is 505 g/mol. The predicted octanol–water partition coefficient (Wildman–Crippen LogP) is 4.65. The van der Waals surface area contributed by atoms with Crippen LogP contribution >= 0.6 is 0 Å². The standard InChI is InChI=1S/C23H22F3N5O3S/c24-15-10-17(34-21-14(2-1-8-28-21)16-5-9-29-22(27)30-16)18(25)19(26)20(15)31-35(32,33)12-23-6-3-13(11-23)4-7-23/h1-2,5,8-10,13,31H,3-4,6-7,11-12H2,(H2,27,29,30). The SMILES string of the molecule is Nc1nccc(-c2cccnc2Oc2cc(F)c(NS(=O)(=O)CC34CCC(CC3)C4)c(F)c2F)n1. The van der Waals surface area contributed by atoms with Crippen LogP contribution in [-0.4, -0.2) is 29.1 Å². The molecule has 35 heavy (non-hydrogen) atoms. The molecule has 2 aromatic heterocycles. The molecule has 2 heterocycles. The summed E-state index contributed by atoms with van der Waals surface area (Å²) in [5, 5.41) is 0. The Morgan fingerprint density at radius 2 is 1.89 bits per heavy atom. The molecule has 0 amide bonds. The highest BCUT2D eigenvalue weighted by molar-refractivity contribution is 7.92. The molecule has 0 spiro atoms. The van der Waals surface area contributed by atoms with Gasteiger partial charge in [-0.25, -0.2) is 32.2 Å². The molecule has 1 aromatic carbocycles. The van der Waals surface area contributed by atoms with Crippen molar-refractivity contribution >= 4 is 21.7 Å². The second-order valence-corrected chi connectivity index (χ2v) is 10.8. The van der Waals surface area contributed by atoms with Crippen LogP contribution in [-0.2, 0) is 10.0 Å². The van der Waals surface area contributed by atoms with Gasteiger partial charge < -0.3 is 10.5 Å². The second-order valence-electron chi connectivity index (χ2n) is 9.13. The van der Waals surface area contributed by atoms with E-state index in [1.54, 1.807) is 12.1 Å². The van der Waals surface area contributed by atoms with E-state index < -0.39 is 38.9 Å². The van der Waals surface area contributed by atoms with Crippen molar-refractivity contribution in [3.63, 3.8) is 0 Å². The zero-order chi connectivity index (χ0) is 24.8. The molecule has 2 bridgehead atoms. The van der Waals surface area contributed by atoms with E-state index in [0.717, 1.165) is 32.1 Å². The quantitative estimate of drug-likeness (QED) is 0.449. The number of fused-ring (bicyclic) bond motifs is 2. The molecule has 0 unspecified atom stereocenters. The summed E-state index contributed by atoms with van der Waals surface area (Å²) in [6.45, 7) is 0. The first kappa shape index (κ1) is 23.3. The number of anilines is 2. The topological polar surface area (TPSA) is 120 Å². The number of hydrogen-bond acceptors (Lipinski definition) is 7. The number of sulfonamides is 1. The Labute approximate surface area is 199 Å². The highest BCUT2D eigenvalue weighted by Crippen LogP contribution is 2.54.